The van der Waals surface area contributed by atoms with Crippen molar-refractivity contribution in [2.45, 2.75) is 12.8 Å². The van der Waals surface area contributed by atoms with E-state index in [0.29, 0.717) is 18.0 Å². The number of nitrogens with two attached hydrogens (primary N) is 1. The number of Topliss-reactive ketones (excluding diaryl/α,β-unsaturated/α-hetero) is 1. The van der Waals surface area contributed by atoms with Gasteiger partial charge >= 0.3 is 0 Å². The first kappa shape index (κ1) is 10.2. The van der Waals surface area contributed by atoms with Gasteiger partial charge in [-0.3, -0.25) is 9.48 Å². The van der Waals surface area contributed by atoms with Crippen LogP contribution in [0.4, 0.5) is 5.82 Å². The average Bonchev–Trinajstić information content (AvgIpc) is 2.60. The van der Waals surface area contributed by atoms with Crippen molar-refractivity contribution in [2.75, 3.05) is 18.9 Å². The van der Waals surface area contributed by atoms with E-state index in [0.717, 1.165) is 19.4 Å². The van der Waals surface area contributed by atoms with Gasteiger partial charge in [0.25, 0.3) is 0 Å². The van der Waals surface area contributed by atoms with Gasteiger partial charge < -0.3 is 10.5 Å². The predicted octanol–water partition coefficient (Wildman–Crippen LogP) is 0.612. The molecule has 1 unspecified atom stereocenters. The molecule has 5 heteroatoms. The van der Waals surface area contributed by atoms with Gasteiger partial charge in [-0.05, 0) is 12.8 Å². The van der Waals surface area contributed by atoms with Crippen LogP contribution in [-0.2, 0) is 11.8 Å². The van der Waals surface area contributed by atoms with Crippen molar-refractivity contribution in [3.8, 4) is 0 Å². The van der Waals surface area contributed by atoms with Crippen LogP contribution >= 0.6 is 0 Å². The van der Waals surface area contributed by atoms with Crippen LogP contribution in [-0.4, -0.2) is 28.8 Å². The first-order chi connectivity index (χ1) is 7.20. The Morgan fingerprint density at radius 1 is 1.73 bits per heavy atom. The van der Waals surface area contributed by atoms with Gasteiger partial charge in [-0.15, -0.1) is 0 Å². The Hall–Kier alpha value is -1.36. The summed E-state index contributed by atoms with van der Waals surface area (Å²) in [4.78, 5) is 12.0. The number of aromatic nitrogens is 2. The fourth-order valence-electron chi connectivity index (χ4n) is 1.80. The highest BCUT2D eigenvalue weighted by Gasteiger charge is 2.25. The zero-order chi connectivity index (χ0) is 10.8. The number of nitrogen functional groups attached to an aromatic ring is 1. The molecule has 0 aromatic carbocycles. The summed E-state index contributed by atoms with van der Waals surface area (Å²) in [6.45, 7) is 1.26. The summed E-state index contributed by atoms with van der Waals surface area (Å²) >= 11 is 0. The molecule has 0 saturated carbocycles. The molecule has 0 spiro atoms. The minimum absolute atomic E-state index is 0.0507. The molecule has 15 heavy (non-hydrogen) atoms. The number of carbonyl (C=O) groups excluding carboxylic acids is 1. The Balaban J connectivity index is 2.16. The van der Waals surface area contributed by atoms with Crippen molar-refractivity contribution in [2.24, 2.45) is 13.0 Å². The van der Waals surface area contributed by atoms with E-state index < -0.39 is 0 Å². The Bertz CT molecular complexity index is 367. The largest absolute Gasteiger partial charge is 0.383 e. The van der Waals surface area contributed by atoms with E-state index in [4.69, 9.17) is 10.5 Å². The first-order valence-corrected chi connectivity index (χ1v) is 5.09. The van der Waals surface area contributed by atoms with Crippen molar-refractivity contribution in [1.82, 2.24) is 9.78 Å². The van der Waals surface area contributed by atoms with Gasteiger partial charge in [0, 0.05) is 19.6 Å². The second-order valence-corrected chi connectivity index (χ2v) is 3.85. The molecule has 1 saturated heterocycles. The molecule has 0 radical (unpaired) electrons. The number of carbonyl (C=O) groups is 1. The number of ketones is 1. The molecule has 1 atom stereocenters. The molecule has 1 aromatic rings. The van der Waals surface area contributed by atoms with E-state index in [9.17, 15) is 4.79 Å². The standard InChI is InChI=1S/C10H15N3O2/c1-13-10(11)8(5-12-13)9(14)7-3-2-4-15-6-7/h5,7H,2-4,6,11H2,1H3. The fourth-order valence-corrected chi connectivity index (χ4v) is 1.80. The lowest BCUT2D eigenvalue weighted by Gasteiger charge is -2.20. The summed E-state index contributed by atoms with van der Waals surface area (Å²) in [5.74, 6) is 0.441. The van der Waals surface area contributed by atoms with Crippen LogP contribution in [0.1, 0.15) is 23.2 Å². The van der Waals surface area contributed by atoms with Gasteiger partial charge in [0.2, 0.25) is 0 Å². The van der Waals surface area contributed by atoms with Crippen LogP contribution < -0.4 is 5.73 Å². The molecule has 0 amide bonds. The smallest absolute Gasteiger partial charge is 0.173 e. The number of nitrogens with zero attached hydrogens (tertiary/aromatic N) is 2. The van der Waals surface area contributed by atoms with E-state index in [1.54, 1.807) is 7.05 Å². The second kappa shape index (κ2) is 4.02. The minimum Gasteiger partial charge on any atom is -0.383 e. The Morgan fingerprint density at radius 3 is 3.07 bits per heavy atom. The number of anilines is 1. The Labute approximate surface area is 88.2 Å². The van der Waals surface area contributed by atoms with Crippen LogP contribution in [0.15, 0.2) is 6.20 Å². The topological polar surface area (TPSA) is 70.1 Å². The maximum atomic E-state index is 12.0. The normalized spacial score (nSPS) is 21.5. The molecule has 1 fully saturated rings. The molecule has 0 aliphatic carbocycles. The van der Waals surface area contributed by atoms with Crippen molar-refractivity contribution in [3.05, 3.63) is 11.8 Å². The monoisotopic (exact) mass is 209 g/mol. The molecule has 1 aromatic heterocycles. The zero-order valence-electron chi connectivity index (χ0n) is 8.77. The van der Waals surface area contributed by atoms with E-state index in [1.807, 2.05) is 0 Å². The molecule has 82 valence electrons. The molecule has 2 rings (SSSR count). The lowest BCUT2D eigenvalue weighted by atomic mass is 9.94. The summed E-state index contributed by atoms with van der Waals surface area (Å²) < 4.78 is 6.79. The van der Waals surface area contributed by atoms with Gasteiger partial charge in [-0.1, -0.05) is 0 Å². The number of hydrogen-bond donors (Lipinski definition) is 1. The zero-order valence-corrected chi connectivity index (χ0v) is 8.77. The van der Waals surface area contributed by atoms with E-state index >= 15 is 0 Å². The SMILES string of the molecule is Cn1ncc(C(=O)C2CCCOC2)c1N. The lowest BCUT2D eigenvalue weighted by Crippen LogP contribution is -2.25. The van der Waals surface area contributed by atoms with Gasteiger partial charge in [0.05, 0.1) is 18.4 Å². The minimum atomic E-state index is -0.0507. The van der Waals surface area contributed by atoms with Crippen LogP contribution in [0.3, 0.4) is 0 Å². The molecule has 2 heterocycles. The quantitative estimate of drug-likeness (QED) is 0.724. The van der Waals surface area contributed by atoms with Crippen molar-refractivity contribution >= 4 is 11.6 Å². The van der Waals surface area contributed by atoms with Crippen molar-refractivity contribution < 1.29 is 9.53 Å². The molecular formula is C10H15N3O2. The van der Waals surface area contributed by atoms with Crippen LogP contribution in [0, 0.1) is 5.92 Å². The molecule has 1 aliphatic rings. The lowest BCUT2D eigenvalue weighted by molar-refractivity contribution is 0.0462. The van der Waals surface area contributed by atoms with E-state index in [2.05, 4.69) is 5.10 Å². The van der Waals surface area contributed by atoms with E-state index in [1.165, 1.54) is 10.9 Å². The van der Waals surface area contributed by atoms with Gasteiger partial charge in [-0.2, -0.15) is 5.10 Å². The molecule has 0 bridgehead atoms. The predicted molar refractivity (Wildman–Crippen MR) is 55.5 cm³/mol. The number of aryl methyl sites for hydroxylation is 1. The van der Waals surface area contributed by atoms with Crippen LogP contribution in [0.2, 0.25) is 0 Å². The highest BCUT2D eigenvalue weighted by atomic mass is 16.5. The molecule has 5 nitrogen and oxygen atoms in total. The summed E-state index contributed by atoms with van der Waals surface area (Å²) in [6.07, 6.45) is 3.36. The third-order valence-corrected chi connectivity index (χ3v) is 2.78. The maximum absolute atomic E-state index is 12.0. The fraction of sp³-hybridized carbons (Fsp3) is 0.600. The maximum Gasteiger partial charge on any atom is 0.173 e. The van der Waals surface area contributed by atoms with Crippen molar-refractivity contribution in [1.29, 1.82) is 0 Å². The third kappa shape index (κ3) is 1.87. The Kier molecular flexibility index (Phi) is 2.73. The molecular weight excluding hydrogens is 194 g/mol. The van der Waals surface area contributed by atoms with Crippen molar-refractivity contribution in [3.63, 3.8) is 0 Å². The third-order valence-electron chi connectivity index (χ3n) is 2.78. The summed E-state index contributed by atoms with van der Waals surface area (Å²) in [7, 11) is 1.73. The Morgan fingerprint density at radius 2 is 2.53 bits per heavy atom. The summed E-state index contributed by atoms with van der Waals surface area (Å²) in [5, 5.41) is 3.96. The number of hydrogen-bond acceptors (Lipinski definition) is 4. The molecule has 2 N–H and O–H groups in total. The van der Waals surface area contributed by atoms with Gasteiger partial charge in [0.15, 0.2) is 5.78 Å². The highest BCUT2D eigenvalue weighted by Crippen LogP contribution is 2.21. The van der Waals surface area contributed by atoms with E-state index in [-0.39, 0.29) is 11.7 Å². The van der Waals surface area contributed by atoms with Gasteiger partial charge in [-0.25, -0.2) is 0 Å². The molecule has 1 aliphatic heterocycles. The van der Waals surface area contributed by atoms with Crippen LogP contribution in [0.5, 0.6) is 0 Å². The highest BCUT2D eigenvalue weighted by molar-refractivity contribution is 6.01. The first-order valence-electron chi connectivity index (χ1n) is 5.09. The van der Waals surface area contributed by atoms with Crippen LogP contribution in [0.25, 0.3) is 0 Å². The average molecular weight is 209 g/mol. The summed E-state index contributed by atoms with van der Waals surface area (Å²) in [6, 6.07) is 0. The number of rotatable bonds is 2. The van der Waals surface area contributed by atoms with Gasteiger partial charge in [0.1, 0.15) is 5.82 Å². The second-order valence-electron chi connectivity index (χ2n) is 3.85. The summed E-state index contributed by atoms with van der Waals surface area (Å²) in [5.41, 5.74) is 6.27. The number of ether oxygens (including phenoxy) is 1.